The zero-order chi connectivity index (χ0) is 20.7. The van der Waals surface area contributed by atoms with E-state index in [2.05, 4.69) is 20.3 Å². The number of aliphatic imine (C=N–C) groups is 1. The van der Waals surface area contributed by atoms with Crippen LogP contribution in [-0.2, 0) is 16.6 Å². The second-order valence-electron chi connectivity index (χ2n) is 6.57. The summed E-state index contributed by atoms with van der Waals surface area (Å²) < 4.78 is 41.4. The summed E-state index contributed by atoms with van der Waals surface area (Å²) in [5.41, 5.74) is 0.235. The van der Waals surface area contributed by atoms with Gasteiger partial charge >= 0.3 is 0 Å². The minimum atomic E-state index is -3.30. The molecule has 3 N–H and O–H groups in total. The molecule has 0 saturated carbocycles. The first-order valence-corrected chi connectivity index (χ1v) is 10.2. The van der Waals surface area contributed by atoms with Gasteiger partial charge in [-0.1, -0.05) is 0 Å². The summed E-state index contributed by atoms with van der Waals surface area (Å²) in [4.78, 5) is 4.15. The zero-order valence-corrected chi connectivity index (χ0v) is 20.5. The summed E-state index contributed by atoms with van der Waals surface area (Å²) in [7, 11) is 3.01. The maximum atomic E-state index is 11.4. The number of ether oxygens (including phenoxy) is 3. The highest BCUT2D eigenvalue weighted by atomic mass is 127. The Bertz CT molecular complexity index is 744. The van der Waals surface area contributed by atoms with Crippen LogP contribution in [0.1, 0.15) is 19.4 Å². The van der Waals surface area contributed by atoms with Crippen LogP contribution in [0.4, 0.5) is 0 Å². The Morgan fingerprint density at radius 3 is 2.00 bits per heavy atom. The van der Waals surface area contributed by atoms with E-state index in [0.717, 1.165) is 11.8 Å². The first-order valence-electron chi connectivity index (χ1n) is 8.27. The summed E-state index contributed by atoms with van der Waals surface area (Å²) >= 11 is 0. The third-order valence-corrected chi connectivity index (χ3v) is 4.49. The molecule has 0 aliphatic rings. The molecule has 0 aliphatic heterocycles. The fraction of sp³-hybridized carbons (Fsp3) is 0.588. The van der Waals surface area contributed by atoms with Crippen molar-refractivity contribution in [3.63, 3.8) is 0 Å². The molecule has 0 atom stereocenters. The number of nitrogens with one attached hydrogen (secondary N) is 3. The fourth-order valence-electron chi connectivity index (χ4n) is 2.49. The highest BCUT2D eigenvalue weighted by Crippen LogP contribution is 2.38. The molecule has 0 unspecified atom stereocenters. The highest BCUT2D eigenvalue weighted by molar-refractivity contribution is 14.0. The number of nitrogens with zero attached hydrogens (tertiary/aromatic N) is 1. The van der Waals surface area contributed by atoms with Gasteiger partial charge in [-0.2, -0.15) is 0 Å². The summed E-state index contributed by atoms with van der Waals surface area (Å²) in [6.07, 6.45) is 1.13. The number of benzene rings is 1. The Labute approximate surface area is 184 Å². The van der Waals surface area contributed by atoms with Crippen molar-refractivity contribution in [3.05, 3.63) is 17.7 Å². The molecule has 0 aromatic heterocycles. The predicted molar refractivity (Wildman–Crippen MR) is 122 cm³/mol. The zero-order valence-electron chi connectivity index (χ0n) is 17.4. The van der Waals surface area contributed by atoms with E-state index < -0.39 is 15.6 Å². The standard InChI is InChI=1S/C17H30N4O5S.HI/c1-17(2,21-27(7,22)23)11-20-16(18-3)19-10-12-8-13(24-4)15(26-6)14(9-12)25-5;/h8-9,21H,10-11H2,1-7H3,(H2,18,19,20);1H. The lowest BCUT2D eigenvalue weighted by atomic mass is 10.1. The van der Waals surface area contributed by atoms with Crippen LogP contribution in [0.2, 0.25) is 0 Å². The van der Waals surface area contributed by atoms with E-state index in [1.165, 1.54) is 0 Å². The van der Waals surface area contributed by atoms with Crippen molar-refractivity contribution in [3.8, 4) is 17.2 Å². The van der Waals surface area contributed by atoms with Crippen LogP contribution in [0.3, 0.4) is 0 Å². The Morgan fingerprint density at radius 1 is 1.07 bits per heavy atom. The van der Waals surface area contributed by atoms with Crippen molar-refractivity contribution in [2.45, 2.75) is 25.9 Å². The Hall–Kier alpha value is -1.47. The van der Waals surface area contributed by atoms with Crippen molar-refractivity contribution in [1.82, 2.24) is 15.4 Å². The van der Waals surface area contributed by atoms with E-state index in [9.17, 15) is 8.42 Å². The second kappa shape index (κ2) is 11.5. The van der Waals surface area contributed by atoms with Gasteiger partial charge < -0.3 is 24.8 Å². The maximum Gasteiger partial charge on any atom is 0.209 e. The molecular weight excluding hydrogens is 499 g/mol. The number of rotatable bonds is 9. The lowest BCUT2D eigenvalue weighted by molar-refractivity contribution is 0.323. The first-order chi connectivity index (χ1) is 12.5. The van der Waals surface area contributed by atoms with Gasteiger partial charge in [0.05, 0.1) is 27.6 Å². The van der Waals surface area contributed by atoms with E-state index >= 15 is 0 Å². The van der Waals surface area contributed by atoms with Gasteiger partial charge in [0.2, 0.25) is 15.8 Å². The lowest BCUT2D eigenvalue weighted by Gasteiger charge is -2.26. The Balaban J connectivity index is 0.00000729. The third-order valence-electron chi connectivity index (χ3n) is 3.57. The third kappa shape index (κ3) is 8.69. The molecule has 0 fully saturated rings. The van der Waals surface area contributed by atoms with E-state index in [1.807, 2.05) is 12.1 Å². The summed E-state index contributed by atoms with van der Waals surface area (Å²) in [6.45, 7) is 4.38. The van der Waals surface area contributed by atoms with Crippen LogP contribution in [0.25, 0.3) is 0 Å². The van der Waals surface area contributed by atoms with E-state index in [1.54, 1.807) is 42.2 Å². The Morgan fingerprint density at radius 2 is 1.61 bits per heavy atom. The molecule has 1 aromatic rings. The van der Waals surface area contributed by atoms with Crippen LogP contribution in [0.5, 0.6) is 17.2 Å². The smallest absolute Gasteiger partial charge is 0.209 e. The van der Waals surface area contributed by atoms with Gasteiger partial charge in [0, 0.05) is 25.7 Å². The number of halogens is 1. The number of hydrogen-bond acceptors (Lipinski definition) is 6. The molecule has 0 saturated heterocycles. The van der Waals surface area contributed by atoms with Crippen LogP contribution >= 0.6 is 24.0 Å². The van der Waals surface area contributed by atoms with Gasteiger partial charge in [-0.3, -0.25) is 4.99 Å². The summed E-state index contributed by atoms with van der Waals surface area (Å²) in [6, 6.07) is 3.69. The molecule has 0 radical (unpaired) electrons. The number of hydrogen-bond donors (Lipinski definition) is 3. The molecule has 0 aliphatic carbocycles. The molecule has 0 heterocycles. The molecule has 0 bridgehead atoms. The highest BCUT2D eigenvalue weighted by Gasteiger charge is 2.22. The van der Waals surface area contributed by atoms with Gasteiger partial charge in [-0.15, -0.1) is 24.0 Å². The van der Waals surface area contributed by atoms with E-state index in [-0.39, 0.29) is 24.0 Å². The fourth-order valence-corrected chi connectivity index (χ4v) is 3.56. The number of sulfonamides is 1. The van der Waals surface area contributed by atoms with Crippen molar-refractivity contribution in [2.75, 3.05) is 41.2 Å². The van der Waals surface area contributed by atoms with Gasteiger partial charge in [0.1, 0.15) is 0 Å². The quantitative estimate of drug-likeness (QED) is 0.251. The van der Waals surface area contributed by atoms with Crippen LogP contribution in [0, 0.1) is 0 Å². The van der Waals surface area contributed by atoms with Crippen molar-refractivity contribution in [1.29, 1.82) is 0 Å². The number of methoxy groups -OCH3 is 3. The van der Waals surface area contributed by atoms with Gasteiger partial charge in [-0.05, 0) is 31.5 Å². The van der Waals surface area contributed by atoms with Gasteiger partial charge in [0.15, 0.2) is 17.5 Å². The van der Waals surface area contributed by atoms with Gasteiger partial charge in [-0.25, -0.2) is 13.1 Å². The van der Waals surface area contributed by atoms with Crippen molar-refractivity contribution >= 4 is 40.0 Å². The monoisotopic (exact) mass is 530 g/mol. The Kier molecular flexibility index (Phi) is 10.9. The topological polar surface area (TPSA) is 110 Å². The van der Waals surface area contributed by atoms with Crippen LogP contribution in [0.15, 0.2) is 17.1 Å². The molecule has 9 nitrogen and oxygen atoms in total. The largest absolute Gasteiger partial charge is 0.493 e. The van der Waals surface area contributed by atoms with Crippen molar-refractivity contribution in [2.24, 2.45) is 4.99 Å². The first kappa shape index (κ1) is 26.5. The molecule has 0 amide bonds. The SMILES string of the molecule is CN=C(NCc1cc(OC)c(OC)c(OC)c1)NCC(C)(C)NS(C)(=O)=O.I. The van der Waals surface area contributed by atoms with Gasteiger partial charge in [0.25, 0.3) is 0 Å². The lowest BCUT2D eigenvalue weighted by Crippen LogP contribution is -2.52. The maximum absolute atomic E-state index is 11.4. The summed E-state index contributed by atoms with van der Waals surface area (Å²) in [5.74, 6) is 2.19. The molecule has 28 heavy (non-hydrogen) atoms. The van der Waals surface area contributed by atoms with Crippen LogP contribution in [-0.4, -0.2) is 61.1 Å². The minimum absolute atomic E-state index is 0. The molecule has 162 valence electrons. The molecule has 0 spiro atoms. The molecule has 11 heteroatoms. The average Bonchev–Trinajstić information content (AvgIpc) is 2.58. The minimum Gasteiger partial charge on any atom is -0.493 e. The average molecular weight is 530 g/mol. The molecular formula is C17H31IN4O5S. The van der Waals surface area contributed by atoms with E-state index in [4.69, 9.17) is 14.2 Å². The second-order valence-corrected chi connectivity index (χ2v) is 8.32. The molecule has 1 rings (SSSR count). The van der Waals surface area contributed by atoms with Crippen molar-refractivity contribution < 1.29 is 22.6 Å². The van der Waals surface area contributed by atoms with Crippen LogP contribution < -0.4 is 29.6 Å². The van der Waals surface area contributed by atoms with E-state index in [0.29, 0.717) is 36.3 Å². The molecule has 1 aromatic carbocycles. The normalized spacial score (nSPS) is 12.0. The number of guanidine groups is 1. The predicted octanol–water partition coefficient (Wildman–Crippen LogP) is 1.32. The summed E-state index contributed by atoms with van der Waals surface area (Å²) in [5, 5.41) is 6.28.